The third kappa shape index (κ3) is 3.47. The molecule has 0 bridgehead atoms. The van der Waals surface area contributed by atoms with Crippen molar-refractivity contribution in [2.75, 3.05) is 32.6 Å². The van der Waals surface area contributed by atoms with Gasteiger partial charge in [-0.25, -0.2) is 4.79 Å². The zero-order valence-electron chi connectivity index (χ0n) is 11.6. The molecule has 2 heterocycles. The topological polar surface area (TPSA) is 67.8 Å². The van der Waals surface area contributed by atoms with Crippen LogP contribution in [0.4, 0.5) is 9.93 Å². The number of carbonyl (C=O) groups excluding carboxylic acids is 1. The molecule has 0 fully saturated rings. The summed E-state index contributed by atoms with van der Waals surface area (Å²) in [7, 11) is 5.00. The Hall–Kier alpha value is -2.09. The van der Waals surface area contributed by atoms with Crippen LogP contribution >= 0.6 is 11.3 Å². The Morgan fingerprint density at radius 2 is 2.25 bits per heavy atom. The number of rotatable bonds is 4. The zero-order chi connectivity index (χ0) is 14.5. The quantitative estimate of drug-likeness (QED) is 0.848. The molecule has 0 atom stereocenters. The lowest BCUT2D eigenvalue weighted by molar-refractivity contribution is 0.225. The van der Waals surface area contributed by atoms with Gasteiger partial charge in [0, 0.05) is 21.1 Å². The van der Waals surface area contributed by atoms with Crippen LogP contribution in [0.5, 0.6) is 5.19 Å². The van der Waals surface area contributed by atoms with Gasteiger partial charge in [0.25, 0.3) is 5.19 Å². The molecule has 1 aliphatic heterocycles. The molecule has 1 aromatic rings. The van der Waals surface area contributed by atoms with Crippen molar-refractivity contribution in [2.24, 2.45) is 0 Å². The Morgan fingerprint density at radius 3 is 2.90 bits per heavy atom. The second-order valence-electron chi connectivity index (χ2n) is 4.27. The van der Waals surface area contributed by atoms with Gasteiger partial charge >= 0.3 is 6.03 Å². The Morgan fingerprint density at radius 1 is 1.45 bits per heavy atom. The predicted octanol–water partition coefficient (Wildman–Crippen LogP) is 1.85. The van der Waals surface area contributed by atoms with Crippen molar-refractivity contribution in [3.63, 3.8) is 0 Å². The van der Waals surface area contributed by atoms with Gasteiger partial charge in [0.2, 0.25) is 5.13 Å². The van der Waals surface area contributed by atoms with Gasteiger partial charge in [0.15, 0.2) is 0 Å². The van der Waals surface area contributed by atoms with Crippen LogP contribution in [0.15, 0.2) is 24.2 Å². The minimum Gasteiger partial charge on any atom is -0.466 e. The van der Waals surface area contributed by atoms with Crippen LogP contribution < -0.4 is 9.64 Å². The number of hydrogen-bond donors (Lipinski definition) is 0. The van der Waals surface area contributed by atoms with E-state index in [-0.39, 0.29) is 6.03 Å². The molecule has 8 heteroatoms. The number of hydrogen-bond acceptors (Lipinski definition) is 6. The number of anilines is 1. The molecule has 20 heavy (non-hydrogen) atoms. The fourth-order valence-corrected chi connectivity index (χ4v) is 2.10. The molecule has 0 aromatic carbocycles. The largest absolute Gasteiger partial charge is 0.466 e. The second kappa shape index (κ2) is 6.38. The van der Waals surface area contributed by atoms with Gasteiger partial charge in [-0.1, -0.05) is 5.10 Å². The highest BCUT2D eigenvalue weighted by atomic mass is 32.1. The molecule has 2 rings (SSSR count). The molecule has 0 radical (unpaired) electrons. The molecule has 0 saturated heterocycles. The maximum Gasteiger partial charge on any atom is 0.325 e. The summed E-state index contributed by atoms with van der Waals surface area (Å²) in [5.74, 6) is 0.738. The van der Waals surface area contributed by atoms with Crippen molar-refractivity contribution >= 4 is 22.5 Å². The molecular formula is C12H16N4O3S. The first-order chi connectivity index (χ1) is 9.58. The molecule has 1 aliphatic rings. The van der Waals surface area contributed by atoms with Gasteiger partial charge in [0.1, 0.15) is 12.4 Å². The molecular weight excluding hydrogens is 280 g/mol. The Labute approximate surface area is 121 Å². The lowest BCUT2D eigenvalue weighted by Gasteiger charge is -2.18. The van der Waals surface area contributed by atoms with Crippen LogP contribution in [-0.2, 0) is 4.74 Å². The highest BCUT2D eigenvalue weighted by Crippen LogP contribution is 2.26. The SMILES string of the molecule is CN(C)C(=O)N(C)c1nnc(OCC2=CCC=CO2)s1. The summed E-state index contributed by atoms with van der Waals surface area (Å²) in [6.07, 6.45) is 6.31. The molecule has 2 amide bonds. The third-order valence-corrected chi connectivity index (χ3v) is 3.40. The summed E-state index contributed by atoms with van der Waals surface area (Å²) in [6, 6.07) is -0.170. The first-order valence-electron chi connectivity index (χ1n) is 6.00. The lowest BCUT2D eigenvalue weighted by Crippen LogP contribution is -2.36. The molecule has 0 saturated carbocycles. The maximum atomic E-state index is 11.8. The van der Waals surface area contributed by atoms with Crippen molar-refractivity contribution in [1.29, 1.82) is 0 Å². The van der Waals surface area contributed by atoms with Crippen molar-refractivity contribution in [3.05, 3.63) is 24.2 Å². The summed E-state index contributed by atoms with van der Waals surface area (Å²) in [5.41, 5.74) is 0. The van der Waals surface area contributed by atoms with Crippen LogP contribution in [0.1, 0.15) is 6.42 Å². The monoisotopic (exact) mass is 296 g/mol. The van der Waals surface area contributed by atoms with E-state index in [1.54, 1.807) is 27.4 Å². The van der Waals surface area contributed by atoms with E-state index in [4.69, 9.17) is 9.47 Å². The number of ether oxygens (including phenoxy) is 2. The summed E-state index contributed by atoms with van der Waals surface area (Å²) in [4.78, 5) is 14.7. The minimum absolute atomic E-state index is 0.170. The van der Waals surface area contributed by atoms with Crippen LogP contribution in [0, 0.1) is 0 Å². The van der Waals surface area contributed by atoms with Crippen molar-refractivity contribution < 1.29 is 14.3 Å². The highest BCUT2D eigenvalue weighted by Gasteiger charge is 2.18. The predicted molar refractivity (Wildman–Crippen MR) is 75.8 cm³/mol. The number of aromatic nitrogens is 2. The average molecular weight is 296 g/mol. The Bertz CT molecular complexity index is 539. The first kappa shape index (κ1) is 14.3. The fraction of sp³-hybridized carbons (Fsp3) is 0.417. The van der Waals surface area contributed by atoms with Gasteiger partial charge in [-0.15, -0.1) is 5.10 Å². The third-order valence-electron chi connectivity index (χ3n) is 2.49. The van der Waals surface area contributed by atoms with Crippen LogP contribution in [-0.4, -0.2) is 48.9 Å². The standard InChI is InChI=1S/C12H16N4O3S/c1-15(2)12(17)16(3)10-13-14-11(20-10)19-8-9-6-4-5-7-18-9/h5-7H,4,8H2,1-3H3. The number of amides is 2. The van der Waals surface area contributed by atoms with E-state index in [1.165, 1.54) is 21.1 Å². The number of carbonyl (C=O) groups is 1. The van der Waals surface area contributed by atoms with Gasteiger partial charge in [0.05, 0.1) is 6.26 Å². The molecule has 0 aliphatic carbocycles. The number of nitrogens with zero attached hydrogens (tertiary/aromatic N) is 4. The summed E-state index contributed by atoms with van der Waals surface area (Å²) >= 11 is 1.21. The van der Waals surface area contributed by atoms with Gasteiger partial charge in [-0.05, 0) is 29.9 Å². The smallest absolute Gasteiger partial charge is 0.325 e. The van der Waals surface area contributed by atoms with E-state index in [9.17, 15) is 4.79 Å². The van der Waals surface area contributed by atoms with E-state index < -0.39 is 0 Å². The molecule has 7 nitrogen and oxygen atoms in total. The highest BCUT2D eigenvalue weighted by molar-refractivity contribution is 7.17. The van der Waals surface area contributed by atoms with E-state index in [0.29, 0.717) is 16.9 Å². The van der Waals surface area contributed by atoms with E-state index in [0.717, 1.165) is 12.2 Å². The zero-order valence-corrected chi connectivity index (χ0v) is 12.4. The van der Waals surface area contributed by atoms with Crippen molar-refractivity contribution in [2.45, 2.75) is 6.42 Å². The summed E-state index contributed by atoms with van der Waals surface area (Å²) in [5, 5.41) is 8.71. The average Bonchev–Trinajstić information content (AvgIpc) is 2.93. The van der Waals surface area contributed by atoms with Crippen LogP contribution in [0.3, 0.4) is 0 Å². The van der Waals surface area contributed by atoms with Crippen molar-refractivity contribution in [1.82, 2.24) is 15.1 Å². The molecule has 108 valence electrons. The van der Waals surface area contributed by atoms with Gasteiger partial charge in [-0.3, -0.25) is 4.90 Å². The Kier molecular flexibility index (Phi) is 4.57. The maximum absolute atomic E-state index is 11.8. The summed E-state index contributed by atoms with van der Waals surface area (Å²) < 4.78 is 10.7. The number of urea groups is 1. The molecule has 0 N–H and O–H groups in total. The van der Waals surface area contributed by atoms with E-state index in [2.05, 4.69) is 10.2 Å². The van der Waals surface area contributed by atoms with E-state index >= 15 is 0 Å². The molecule has 0 spiro atoms. The van der Waals surface area contributed by atoms with Crippen LogP contribution in [0.2, 0.25) is 0 Å². The minimum atomic E-state index is -0.170. The molecule has 1 aromatic heterocycles. The second-order valence-corrected chi connectivity index (χ2v) is 5.19. The molecule has 0 unspecified atom stereocenters. The first-order valence-corrected chi connectivity index (χ1v) is 6.81. The van der Waals surface area contributed by atoms with Gasteiger partial charge in [-0.2, -0.15) is 0 Å². The van der Waals surface area contributed by atoms with Crippen LogP contribution in [0.25, 0.3) is 0 Å². The fourth-order valence-electron chi connectivity index (χ4n) is 1.44. The number of allylic oxidation sites excluding steroid dienone is 2. The lowest BCUT2D eigenvalue weighted by atomic mass is 10.3. The normalized spacial score (nSPS) is 13.4. The van der Waals surface area contributed by atoms with Crippen molar-refractivity contribution in [3.8, 4) is 5.19 Å². The Balaban J connectivity index is 1.92. The van der Waals surface area contributed by atoms with Gasteiger partial charge < -0.3 is 14.4 Å². The summed E-state index contributed by atoms with van der Waals surface area (Å²) in [6.45, 7) is 0.296. The van der Waals surface area contributed by atoms with E-state index in [1.807, 2.05) is 12.2 Å².